The van der Waals surface area contributed by atoms with Crippen LogP contribution in [0.4, 0.5) is 0 Å². The maximum atomic E-state index is 12.5. The van der Waals surface area contributed by atoms with Gasteiger partial charge in [-0.25, -0.2) is 0 Å². The monoisotopic (exact) mass is 474 g/mol. The lowest BCUT2D eigenvalue weighted by Crippen LogP contribution is -2.29. The topological polar surface area (TPSA) is 115 Å². The van der Waals surface area contributed by atoms with E-state index in [0.29, 0.717) is 35.8 Å². The first-order chi connectivity index (χ1) is 17.0. The molecule has 35 heavy (non-hydrogen) atoms. The molecule has 0 atom stereocenters. The molecule has 2 heterocycles. The summed E-state index contributed by atoms with van der Waals surface area (Å²) in [4.78, 5) is 42.8. The van der Waals surface area contributed by atoms with E-state index in [4.69, 9.17) is 9.26 Å². The third-order valence-electron chi connectivity index (χ3n) is 5.71. The van der Waals surface area contributed by atoms with Crippen molar-refractivity contribution in [1.29, 1.82) is 0 Å². The molecule has 3 amide bonds. The quantitative estimate of drug-likeness (QED) is 0.256. The lowest BCUT2D eigenvalue weighted by Gasteiger charge is -2.09. The summed E-state index contributed by atoms with van der Waals surface area (Å²) in [5.74, 6) is 0.820. The Kier molecular flexibility index (Phi) is 7.35. The van der Waals surface area contributed by atoms with Crippen molar-refractivity contribution in [3.63, 3.8) is 0 Å². The molecule has 1 aromatic heterocycles. The molecule has 180 valence electrons. The van der Waals surface area contributed by atoms with Gasteiger partial charge < -0.3 is 14.6 Å². The fourth-order valence-corrected chi connectivity index (χ4v) is 3.82. The number of hydrogen-bond acceptors (Lipinski definition) is 7. The zero-order chi connectivity index (χ0) is 24.8. The molecular weight excluding hydrogens is 448 g/mol. The largest absolute Gasteiger partial charge is 0.497 e. The molecule has 1 N–H and O–H groups in total. The normalized spacial score (nSPS) is 12.5. The van der Waals surface area contributed by atoms with Crippen molar-refractivity contribution in [1.82, 2.24) is 20.4 Å². The van der Waals surface area contributed by atoms with Crippen LogP contribution in [0.15, 0.2) is 59.6 Å². The van der Waals surface area contributed by atoms with Gasteiger partial charge in [0.15, 0.2) is 0 Å². The summed E-state index contributed by atoms with van der Waals surface area (Å²) in [5.41, 5.74) is 1.76. The lowest BCUT2D eigenvalue weighted by molar-refractivity contribution is 0.0672. The minimum Gasteiger partial charge on any atom is -0.497 e. The standard InChI is InChI=1S/C26H26N4O5/c1-3-15-30-25(32)20-13-10-18(16-21(20)26(30)33)24(31)27-14-6-4-5-7-22-28-23(29-35-22)17-8-11-19(34-2)12-9-17/h3,8-13,16H,1,4-7,14-15H2,2H3,(H,27,31). The number of nitrogens with zero attached hydrogens (tertiary/aromatic N) is 3. The van der Waals surface area contributed by atoms with Crippen LogP contribution < -0.4 is 10.1 Å². The summed E-state index contributed by atoms with van der Waals surface area (Å²) in [6.45, 7) is 4.20. The second-order valence-electron chi connectivity index (χ2n) is 8.08. The highest BCUT2D eigenvalue weighted by molar-refractivity contribution is 6.22. The van der Waals surface area contributed by atoms with Gasteiger partial charge in [0, 0.05) is 30.6 Å². The number of imide groups is 1. The fraction of sp³-hybridized carbons (Fsp3) is 0.269. The van der Waals surface area contributed by atoms with E-state index < -0.39 is 5.91 Å². The maximum absolute atomic E-state index is 12.5. The van der Waals surface area contributed by atoms with E-state index in [2.05, 4.69) is 22.0 Å². The predicted octanol–water partition coefficient (Wildman–Crippen LogP) is 3.67. The smallest absolute Gasteiger partial charge is 0.261 e. The Balaban J connectivity index is 1.20. The van der Waals surface area contributed by atoms with Gasteiger partial charge in [-0.3, -0.25) is 19.3 Å². The fourth-order valence-electron chi connectivity index (χ4n) is 3.82. The molecular formula is C26H26N4O5. The lowest BCUT2D eigenvalue weighted by atomic mass is 10.1. The van der Waals surface area contributed by atoms with Crippen LogP contribution >= 0.6 is 0 Å². The molecule has 3 aromatic rings. The number of nitrogens with one attached hydrogen (secondary N) is 1. The van der Waals surface area contributed by atoms with Crippen LogP contribution in [0.2, 0.25) is 0 Å². The Bertz CT molecular complexity index is 1250. The van der Waals surface area contributed by atoms with Gasteiger partial charge in [0.25, 0.3) is 17.7 Å². The average Bonchev–Trinajstić information content (AvgIpc) is 3.45. The molecule has 0 unspecified atom stereocenters. The molecule has 1 aliphatic rings. The molecule has 9 heteroatoms. The summed E-state index contributed by atoms with van der Waals surface area (Å²) in [6, 6.07) is 12.0. The van der Waals surface area contributed by atoms with E-state index in [0.717, 1.165) is 35.5 Å². The summed E-state index contributed by atoms with van der Waals surface area (Å²) < 4.78 is 10.5. The molecule has 0 fully saturated rings. The van der Waals surface area contributed by atoms with Gasteiger partial charge in [-0.2, -0.15) is 4.98 Å². The number of rotatable bonds is 11. The summed E-state index contributed by atoms with van der Waals surface area (Å²) in [5, 5.41) is 6.89. The van der Waals surface area contributed by atoms with E-state index in [9.17, 15) is 14.4 Å². The first-order valence-corrected chi connectivity index (χ1v) is 11.4. The number of carbonyl (C=O) groups excluding carboxylic acids is 3. The van der Waals surface area contributed by atoms with Crippen molar-refractivity contribution in [3.8, 4) is 17.1 Å². The van der Waals surface area contributed by atoms with E-state index in [1.54, 1.807) is 13.2 Å². The van der Waals surface area contributed by atoms with Crippen molar-refractivity contribution < 1.29 is 23.6 Å². The SMILES string of the molecule is C=CCN1C(=O)c2ccc(C(=O)NCCCCCc3nc(-c4ccc(OC)cc4)no3)cc2C1=O. The van der Waals surface area contributed by atoms with Crippen molar-refractivity contribution in [2.45, 2.75) is 25.7 Å². The van der Waals surface area contributed by atoms with Crippen molar-refractivity contribution in [2.24, 2.45) is 0 Å². The highest BCUT2D eigenvalue weighted by Gasteiger charge is 2.35. The summed E-state index contributed by atoms with van der Waals surface area (Å²) in [7, 11) is 1.61. The van der Waals surface area contributed by atoms with Crippen LogP contribution in [0.5, 0.6) is 5.75 Å². The zero-order valence-corrected chi connectivity index (χ0v) is 19.5. The number of fused-ring (bicyclic) bond motifs is 1. The van der Waals surface area contributed by atoms with Gasteiger partial charge >= 0.3 is 0 Å². The summed E-state index contributed by atoms with van der Waals surface area (Å²) in [6.07, 6.45) is 4.64. The molecule has 0 aliphatic carbocycles. The van der Waals surface area contributed by atoms with Gasteiger partial charge in [-0.15, -0.1) is 6.58 Å². The van der Waals surface area contributed by atoms with Gasteiger partial charge in [0.1, 0.15) is 5.75 Å². The Morgan fingerprint density at radius 1 is 1.09 bits per heavy atom. The molecule has 0 radical (unpaired) electrons. The van der Waals surface area contributed by atoms with Gasteiger partial charge in [-0.1, -0.05) is 17.7 Å². The minimum atomic E-state index is -0.407. The van der Waals surface area contributed by atoms with Crippen LogP contribution in [0.3, 0.4) is 0 Å². The third-order valence-corrected chi connectivity index (χ3v) is 5.71. The molecule has 0 spiro atoms. The molecule has 2 aromatic carbocycles. The summed E-state index contributed by atoms with van der Waals surface area (Å²) >= 11 is 0. The van der Waals surface area contributed by atoms with Gasteiger partial charge in [-0.05, 0) is 55.3 Å². The molecule has 0 saturated heterocycles. The number of aryl methyl sites for hydroxylation is 1. The Labute approximate surface area is 202 Å². The number of amides is 3. The molecule has 4 rings (SSSR count). The van der Waals surface area contributed by atoms with E-state index >= 15 is 0 Å². The Hall–Kier alpha value is -4.27. The Morgan fingerprint density at radius 3 is 2.60 bits per heavy atom. The number of unbranched alkanes of at least 4 members (excludes halogenated alkanes) is 2. The molecule has 9 nitrogen and oxygen atoms in total. The van der Waals surface area contributed by atoms with E-state index in [1.165, 1.54) is 18.2 Å². The minimum absolute atomic E-state index is 0.139. The van der Waals surface area contributed by atoms with Crippen molar-refractivity contribution in [2.75, 3.05) is 20.2 Å². The van der Waals surface area contributed by atoms with Gasteiger partial charge in [0.2, 0.25) is 11.7 Å². The van der Waals surface area contributed by atoms with Crippen LogP contribution in [0.1, 0.15) is 56.2 Å². The average molecular weight is 475 g/mol. The Morgan fingerprint density at radius 2 is 1.86 bits per heavy atom. The molecule has 0 saturated carbocycles. The van der Waals surface area contributed by atoms with Crippen LogP contribution in [-0.4, -0.2) is 53.0 Å². The van der Waals surface area contributed by atoms with Crippen molar-refractivity contribution in [3.05, 3.63) is 77.7 Å². The van der Waals surface area contributed by atoms with Crippen LogP contribution in [0, 0.1) is 0 Å². The first-order valence-electron chi connectivity index (χ1n) is 11.4. The van der Waals surface area contributed by atoms with Crippen molar-refractivity contribution >= 4 is 17.7 Å². The number of benzene rings is 2. The second kappa shape index (κ2) is 10.8. The first kappa shape index (κ1) is 23.9. The number of methoxy groups -OCH3 is 1. The highest BCUT2D eigenvalue weighted by atomic mass is 16.5. The predicted molar refractivity (Wildman–Crippen MR) is 128 cm³/mol. The molecule has 0 bridgehead atoms. The number of aromatic nitrogens is 2. The second-order valence-corrected chi connectivity index (χ2v) is 8.08. The molecule has 1 aliphatic heterocycles. The number of carbonyl (C=O) groups is 3. The van der Waals surface area contributed by atoms with Crippen LogP contribution in [0.25, 0.3) is 11.4 Å². The van der Waals surface area contributed by atoms with E-state index in [1.807, 2.05) is 24.3 Å². The van der Waals surface area contributed by atoms with E-state index in [-0.39, 0.29) is 23.9 Å². The number of hydrogen-bond donors (Lipinski definition) is 1. The van der Waals surface area contributed by atoms with Gasteiger partial charge in [0.05, 0.1) is 18.2 Å². The zero-order valence-electron chi connectivity index (χ0n) is 19.5. The highest BCUT2D eigenvalue weighted by Crippen LogP contribution is 2.24. The van der Waals surface area contributed by atoms with Crippen LogP contribution in [-0.2, 0) is 6.42 Å². The third kappa shape index (κ3) is 5.29. The number of ether oxygens (including phenoxy) is 1. The maximum Gasteiger partial charge on any atom is 0.261 e.